The summed E-state index contributed by atoms with van der Waals surface area (Å²) in [5.74, 6) is -1.03. The average Bonchev–Trinajstić information content (AvgIpc) is 2.41. The third kappa shape index (κ3) is 3.70. The van der Waals surface area contributed by atoms with Gasteiger partial charge in [0.2, 0.25) is 0 Å². The second kappa shape index (κ2) is 7.04. The average molecular weight is 299 g/mol. The van der Waals surface area contributed by atoms with Crippen molar-refractivity contribution in [1.29, 1.82) is 0 Å². The van der Waals surface area contributed by atoms with Gasteiger partial charge in [-0.2, -0.15) is 0 Å². The summed E-state index contributed by atoms with van der Waals surface area (Å²) >= 11 is 5.86. The van der Waals surface area contributed by atoms with Crippen molar-refractivity contribution >= 4 is 17.5 Å². The van der Waals surface area contributed by atoms with E-state index in [2.05, 4.69) is 17.1 Å². The Morgan fingerprint density at radius 1 is 1.50 bits per heavy atom. The molecule has 0 saturated carbocycles. The molecule has 1 atom stereocenters. The van der Waals surface area contributed by atoms with E-state index in [9.17, 15) is 9.18 Å². The van der Waals surface area contributed by atoms with Crippen molar-refractivity contribution in [2.24, 2.45) is 0 Å². The summed E-state index contributed by atoms with van der Waals surface area (Å²) in [6.07, 6.45) is 3.68. The maximum absolute atomic E-state index is 13.6. The molecule has 1 aromatic rings. The number of nitrogens with one attached hydrogen (secondary N) is 1. The van der Waals surface area contributed by atoms with Crippen molar-refractivity contribution in [2.45, 2.75) is 32.2 Å². The lowest BCUT2D eigenvalue weighted by Gasteiger charge is -2.33. The molecule has 0 aromatic heterocycles. The Hall–Kier alpha value is -1.13. The van der Waals surface area contributed by atoms with Gasteiger partial charge in [0.15, 0.2) is 0 Å². The largest absolute Gasteiger partial charge is 0.351 e. The third-order valence-electron chi connectivity index (χ3n) is 3.81. The van der Waals surface area contributed by atoms with E-state index in [0.29, 0.717) is 12.6 Å². The lowest BCUT2D eigenvalue weighted by molar-refractivity contribution is 0.0934. The van der Waals surface area contributed by atoms with Gasteiger partial charge in [-0.3, -0.25) is 9.69 Å². The summed E-state index contributed by atoms with van der Waals surface area (Å²) in [6, 6.07) is 4.81. The lowest BCUT2D eigenvalue weighted by Crippen LogP contribution is -2.42. The summed E-state index contributed by atoms with van der Waals surface area (Å²) in [5.41, 5.74) is -0.0686. The first kappa shape index (κ1) is 15.3. The van der Waals surface area contributed by atoms with Crippen molar-refractivity contribution < 1.29 is 9.18 Å². The van der Waals surface area contributed by atoms with Crippen LogP contribution in [0.2, 0.25) is 5.02 Å². The number of nitrogens with zero attached hydrogens (tertiary/aromatic N) is 1. The predicted molar refractivity (Wildman–Crippen MR) is 78.6 cm³/mol. The normalized spacial score (nSPS) is 19.9. The Bertz CT molecular complexity index is 461. The molecular weight excluding hydrogens is 279 g/mol. The molecule has 20 heavy (non-hydrogen) atoms. The first-order chi connectivity index (χ1) is 9.59. The van der Waals surface area contributed by atoms with Gasteiger partial charge < -0.3 is 5.32 Å². The lowest BCUT2D eigenvalue weighted by atomic mass is 10.0. The zero-order chi connectivity index (χ0) is 14.5. The summed E-state index contributed by atoms with van der Waals surface area (Å²) in [5, 5.41) is 2.89. The zero-order valence-corrected chi connectivity index (χ0v) is 12.4. The van der Waals surface area contributed by atoms with Crippen LogP contribution >= 0.6 is 11.6 Å². The van der Waals surface area contributed by atoms with E-state index in [4.69, 9.17) is 11.6 Å². The van der Waals surface area contributed by atoms with Gasteiger partial charge in [0.05, 0.1) is 10.6 Å². The highest BCUT2D eigenvalue weighted by Crippen LogP contribution is 2.19. The molecule has 1 saturated heterocycles. The van der Waals surface area contributed by atoms with Gasteiger partial charge in [0.1, 0.15) is 5.82 Å². The van der Waals surface area contributed by atoms with Crippen molar-refractivity contribution in [1.82, 2.24) is 10.2 Å². The summed E-state index contributed by atoms with van der Waals surface area (Å²) < 4.78 is 13.6. The van der Waals surface area contributed by atoms with E-state index in [1.54, 1.807) is 0 Å². The van der Waals surface area contributed by atoms with Crippen LogP contribution in [0.25, 0.3) is 0 Å². The fourth-order valence-corrected chi connectivity index (χ4v) is 2.85. The maximum atomic E-state index is 13.6. The van der Waals surface area contributed by atoms with E-state index >= 15 is 0 Å². The van der Waals surface area contributed by atoms with E-state index in [-0.39, 0.29) is 10.6 Å². The molecule has 0 bridgehead atoms. The molecule has 1 amide bonds. The molecule has 1 aliphatic heterocycles. The van der Waals surface area contributed by atoms with Crippen LogP contribution in [0.5, 0.6) is 0 Å². The van der Waals surface area contributed by atoms with Gasteiger partial charge in [-0.05, 0) is 38.4 Å². The van der Waals surface area contributed by atoms with Crippen molar-refractivity contribution in [3.63, 3.8) is 0 Å². The van der Waals surface area contributed by atoms with Crippen LogP contribution in [0, 0.1) is 5.82 Å². The summed E-state index contributed by atoms with van der Waals surface area (Å²) in [4.78, 5) is 14.3. The van der Waals surface area contributed by atoms with E-state index in [1.165, 1.54) is 37.5 Å². The van der Waals surface area contributed by atoms with Crippen LogP contribution in [0.4, 0.5) is 4.39 Å². The van der Waals surface area contributed by atoms with Crippen molar-refractivity contribution in [2.75, 3.05) is 19.6 Å². The SMILES string of the molecule is C[C@@H]1CCCCN1CCNC(=O)c1c(F)cccc1Cl. The molecule has 0 radical (unpaired) electrons. The molecule has 110 valence electrons. The standard InChI is InChI=1S/C15H20ClFN2O/c1-11-5-2-3-9-19(11)10-8-18-15(20)14-12(16)6-4-7-13(14)17/h4,6-7,11H,2-3,5,8-10H2,1H3,(H,18,20)/t11-/m1/s1. The number of rotatable bonds is 4. The number of hydrogen-bond acceptors (Lipinski definition) is 2. The molecular formula is C15H20ClFN2O. The number of hydrogen-bond donors (Lipinski definition) is 1. The molecule has 0 spiro atoms. The minimum absolute atomic E-state index is 0.0686. The Morgan fingerprint density at radius 2 is 2.30 bits per heavy atom. The van der Waals surface area contributed by atoms with Crippen molar-refractivity contribution in [3.8, 4) is 0 Å². The fraction of sp³-hybridized carbons (Fsp3) is 0.533. The first-order valence-corrected chi connectivity index (χ1v) is 7.43. The van der Waals surface area contributed by atoms with Gasteiger partial charge in [-0.15, -0.1) is 0 Å². The molecule has 1 fully saturated rings. The highest BCUT2D eigenvalue weighted by Gasteiger charge is 2.19. The van der Waals surface area contributed by atoms with E-state index in [1.807, 2.05) is 0 Å². The number of amides is 1. The molecule has 1 N–H and O–H groups in total. The van der Waals surface area contributed by atoms with Gasteiger partial charge in [0, 0.05) is 19.1 Å². The number of carbonyl (C=O) groups is 1. The highest BCUT2D eigenvalue weighted by molar-refractivity contribution is 6.33. The predicted octanol–water partition coefficient (Wildman–Crippen LogP) is 3.08. The van der Waals surface area contributed by atoms with Gasteiger partial charge in [0.25, 0.3) is 5.91 Å². The molecule has 2 rings (SSSR count). The number of likely N-dealkylation sites (tertiary alicyclic amines) is 1. The Morgan fingerprint density at radius 3 is 3.00 bits per heavy atom. The molecule has 1 aromatic carbocycles. The number of carbonyl (C=O) groups excluding carboxylic acids is 1. The molecule has 3 nitrogen and oxygen atoms in total. The Kier molecular flexibility index (Phi) is 5.38. The van der Waals surface area contributed by atoms with Crippen LogP contribution < -0.4 is 5.32 Å². The molecule has 1 heterocycles. The maximum Gasteiger partial charge on any atom is 0.255 e. The highest BCUT2D eigenvalue weighted by atomic mass is 35.5. The van der Waals surface area contributed by atoms with E-state index in [0.717, 1.165) is 13.1 Å². The number of benzene rings is 1. The second-order valence-corrected chi connectivity index (χ2v) is 5.64. The van der Waals surface area contributed by atoms with Crippen molar-refractivity contribution in [3.05, 3.63) is 34.6 Å². The first-order valence-electron chi connectivity index (χ1n) is 7.06. The van der Waals surface area contributed by atoms with Gasteiger partial charge >= 0.3 is 0 Å². The third-order valence-corrected chi connectivity index (χ3v) is 4.13. The van der Waals surface area contributed by atoms with E-state index < -0.39 is 11.7 Å². The van der Waals surface area contributed by atoms with Crippen LogP contribution in [-0.2, 0) is 0 Å². The molecule has 0 unspecified atom stereocenters. The Labute approximate surface area is 124 Å². The van der Waals surface area contributed by atoms with Crippen LogP contribution in [-0.4, -0.2) is 36.5 Å². The van der Waals surface area contributed by atoms with Gasteiger partial charge in [-0.1, -0.05) is 24.1 Å². The van der Waals surface area contributed by atoms with Crippen LogP contribution in [0.15, 0.2) is 18.2 Å². The second-order valence-electron chi connectivity index (χ2n) is 5.23. The molecule has 0 aliphatic carbocycles. The van der Waals surface area contributed by atoms with Crippen LogP contribution in [0.1, 0.15) is 36.5 Å². The zero-order valence-electron chi connectivity index (χ0n) is 11.7. The summed E-state index contributed by atoms with van der Waals surface area (Å²) in [7, 11) is 0. The number of piperidine rings is 1. The Balaban J connectivity index is 1.86. The number of halogens is 2. The smallest absolute Gasteiger partial charge is 0.255 e. The molecule has 5 heteroatoms. The van der Waals surface area contributed by atoms with Crippen LogP contribution in [0.3, 0.4) is 0 Å². The monoisotopic (exact) mass is 298 g/mol. The topological polar surface area (TPSA) is 32.3 Å². The quantitative estimate of drug-likeness (QED) is 0.926. The summed E-state index contributed by atoms with van der Waals surface area (Å²) in [6.45, 7) is 4.57. The minimum Gasteiger partial charge on any atom is -0.351 e. The molecule has 1 aliphatic rings. The minimum atomic E-state index is -0.582. The fourth-order valence-electron chi connectivity index (χ4n) is 2.61. The van der Waals surface area contributed by atoms with Gasteiger partial charge in [-0.25, -0.2) is 4.39 Å².